The van der Waals surface area contributed by atoms with Crippen molar-refractivity contribution in [3.63, 3.8) is 0 Å². The van der Waals surface area contributed by atoms with Crippen LogP contribution in [0.15, 0.2) is 56.9 Å². The number of ether oxygens (including phenoxy) is 1. The summed E-state index contributed by atoms with van der Waals surface area (Å²) in [5.41, 5.74) is 1.07. The van der Waals surface area contributed by atoms with E-state index in [0.717, 1.165) is 0 Å². The summed E-state index contributed by atoms with van der Waals surface area (Å²) in [4.78, 5) is 0.112. The largest absolute Gasteiger partial charge is 0.504 e. The Hall–Kier alpha value is -2.91. The van der Waals surface area contributed by atoms with E-state index in [4.69, 9.17) is 4.74 Å². The zero-order valence-electron chi connectivity index (χ0n) is 14.6. The minimum Gasteiger partial charge on any atom is -0.504 e. The van der Waals surface area contributed by atoms with Gasteiger partial charge in [0.15, 0.2) is 17.3 Å². The van der Waals surface area contributed by atoms with Crippen molar-refractivity contribution < 1.29 is 23.4 Å². The van der Waals surface area contributed by atoms with E-state index in [1.807, 2.05) is 0 Å². The van der Waals surface area contributed by atoms with Crippen molar-refractivity contribution in [1.29, 1.82) is 0 Å². The molecule has 8 nitrogen and oxygen atoms in total. The van der Waals surface area contributed by atoms with E-state index in [2.05, 4.69) is 9.50 Å². The number of aliphatic hydroxyl groups is 1. The first kappa shape index (κ1) is 18.9. The molecule has 0 atom stereocenters. The number of hydrogen-bond acceptors (Lipinski definition) is 7. The second-order valence-electron chi connectivity index (χ2n) is 5.64. The minimum atomic E-state index is -3.78. The van der Waals surface area contributed by atoms with Gasteiger partial charge in [-0.05, 0) is 42.8 Å². The number of fused-ring (bicyclic) bond motifs is 1. The van der Waals surface area contributed by atoms with Crippen LogP contribution < -0.4 is 4.74 Å². The van der Waals surface area contributed by atoms with Crippen LogP contribution in [0.3, 0.4) is 0 Å². The quantitative estimate of drug-likeness (QED) is 0.573. The summed E-state index contributed by atoms with van der Waals surface area (Å²) in [5.74, 6) is 0.488. The highest BCUT2D eigenvalue weighted by atomic mass is 32.2. The Kier molecular flexibility index (Phi) is 5.43. The molecule has 0 amide bonds. The number of hydrogen-bond donors (Lipinski definition) is 2. The van der Waals surface area contributed by atoms with E-state index < -0.39 is 10.0 Å². The van der Waals surface area contributed by atoms with Crippen molar-refractivity contribution >= 4 is 22.1 Å². The van der Waals surface area contributed by atoms with E-state index in [1.54, 1.807) is 37.3 Å². The highest BCUT2D eigenvalue weighted by molar-refractivity contribution is 7.90. The molecule has 0 bridgehead atoms. The molecule has 1 aliphatic rings. The maximum atomic E-state index is 12.2. The van der Waals surface area contributed by atoms with Gasteiger partial charge in [0.1, 0.15) is 4.90 Å². The fraction of sp³-hybridized carbons (Fsp3) is 0.222. The SMILES string of the molecule is CCOc1cc(/C=N\N(CCO)C2=NS(=O)(=O)c3ccccc32)ccc1O. The van der Waals surface area contributed by atoms with Crippen LogP contribution in [0.1, 0.15) is 18.1 Å². The molecule has 0 fully saturated rings. The molecule has 0 spiro atoms. The molecule has 2 aromatic rings. The highest BCUT2D eigenvalue weighted by Gasteiger charge is 2.31. The fourth-order valence-electron chi connectivity index (χ4n) is 2.61. The van der Waals surface area contributed by atoms with Crippen LogP contribution in [0.25, 0.3) is 0 Å². The number of sulfonamides is 1. The third-order valence-electron chi connectivity index (χ3n) is 3.80. The van der Waals surface area contributed by atoms with Gasteiger partial charge in [0, 0.05) is 5.56 Å². The Balaban J connectivity index is 1.94. The zero-order valence-corrected chi connectivity index (χ0v) is 15.4. The second kappa shape index (κ2) is 7.77. The standard InChI is InChI=1S/C18H19N3O5S/c1-2-26-16-11-13(7-8-15(16)23)12-19-21(9-10-22)18-14-5-3-4-6-17(14)27(24,25)20-18/h3-8,11-12,22-23H,2,9-10H2,1H3/b19-12-. The van der Waals surface area contributed by atoms with Crippen LogP contribution in [0.4, 0.5) is 0 Å². The van der Waals surface area contributed by atoms with Gasteiger partial charge in [-0.15, -0.1) is 4.40 Å². The first-order chi connectivity index (χ1) is 13.0. The normalized spacial score (nSPS) is 14.8. The molecule has 9 heteroatoms. The van der Waals surface area contributed by atoms with Gasteiger partial charge in [-0.3, -0.25) is 0 Å². The monoisotopic (exact) mass is 389 g/mol. The van der Waals surface area contributed by atoms with Crippen LogP contribution in [0.5, 0.6) is 11.5 Å². The van der Waals surface area contributed by atoms with Gasteiger partial charge in [0.25, 0.3) is 10.0 Å². The lowest BCUT2D eigenvalue weighted by Gasteiger charge is -2.17. The van der Waals surface area contributed by atoms with Gasteiger partial charge in [-0.1, -0.05) is 12.1 Å². The number of aliphatic hydroxyl groups excluding tert-OH is 1. The maximum Gasteiger partial charge on any atom is 0.285 e. The Morgan fingerprint density at radius 1 is 1.26 bits per heavy atom. The third-order valence-corrected chi connectivity index (χ3v) is 5.12. The van der Waals surface area contributed by atoms with Crippen LogP contribution in [0, 0.1) is 0 Å². The van der Waals surface area contributed by atoms with E-state index in [0.29, 0.717) is 23.5 Å². The van der Waals surface area contributed by atoms with E-state index in [9.17, 15) is 18.6 Å². The molecule has 0 saturated heterocycles. The van der Waals surface area contributed by atoms with Gasteiger partial charge in [-0.2, -0.15) is 13.5 Å². The molecule has 3 rings (SSSR count). The van der Waals surface area contributed by atoms with Gasteiger partial charge >= 0.3 is 0 Å². The van der Waals surface area contributed by atoms with Gasteiger partial charge in [0.05, 0.1) is 26.0 Å². The van der Waals surface area contributed by atoms with Crippen molar-refractivity contribution in [2.45, 2.75) is 11.8 Å². The number of phenols is 1. The molecule has 142 valence electrons. The molecule has 0 aromatic heterocycles. The summed E-state index contributed by atoms with van der Waals surface area (Å²) in [6, 6.07) is 11.2. The molecule has 0 unspecified atom stereocenters. The highest BCUT2D eigenvalue weighted by Crippen LogP contribution is 2.28. The predicted octanol–water partition coefficient (Wildman–Crippen LogP) is 1.57. The molecule has 1 heterocycles. The van der Waals surface area contributed by atoms with Crippen molar-refractivity contribution in [3.8, 4) is 11.5 Å². The van der Waals surface area contributed by atoms with E-state index >= 15 is 0 Å². The fourth-order valence-corrected chi connectivity index (χ4v) is 3.81. The molecule has 0 saturated carbocycles. The number of hydrazone groups is 1. The van der Waals surface area contributed by atoms with Gasteiger partial charge < -0.3 is 14.9 Å². The molecule has 1 aliphatic heterocycles. The zero-order chi connectivity index (χ0) is 19.4. The summed E-state index contributed by atoms with van der Waals surface area (Å²) >= 11 is 0. The molecular weight excluding hydrogens is 370 g/mol. The van der Waals surface area contributed by atoms with Crippen molar-refractivity contribution in [2.75, 3.05) is 19.8 Å². The number of nitrogens with zero attached hydrogens (tertiary/aromatic N) is 3. The topological polar surface area (TPSA) is 112 Å². The Morgan fingerprint density at radius 2 is 2.04 bits per heavy atom. The Bertz CT molecular complexity index is 1000. The Labute approximate surface area is 157 Å². The lowest BCUT2D eigenvalue weighted by molar-refractivity contribution is 0.254. The predicted molar refractivity (Wildman–Crippen MR) is 101 cm³/mol. The van der Waals surface area contributed by atoms with Gasteiger partial charge in [-0.25, -0.2) is 5.01 Å². The first-order valence-corrected chi connectivity index (χ1v) is 9.73. The Morgan fingerprint density at radius 3 is 2.78 bits per heavy atom. The summed E-state index contributed by atoms with van der Waals surface area (Å²) in [5, 5.41) is 24.7. The third kappa shape index (κ3) is 3.93. The van der Waals surface area contributed by atoms with Crippen molar-refractivity contribution in [2.24, 2.45) is 9.50 Å². The summed E-state index contributed by atoms with van der Waals surface area (Å²) in [7, 11) is -3.78. The molecule has 27 heavy (non-hydrogen) atoms. The molecule has 0 radical (unpaired) electrons. The van der Waals surface area contributed by atoms with Gasteiger partial charge in [0.2, 0.25) is 0 Å². The number of amidine groups is 1. The average molecular weight is 389 g/mol. The van der Waals surface area contributed by atoms with Crippen molar-refractivity contribution in [3.05, 3.63) is 53.6 Å². The number of aromatic hydroxyl groups is 1. The maximum absolute atomic E-state index is 12.2. The lowest BCUT2D eigenvalue weighted by Crippen LogP contribution is -2.28. The summed E-state index contributed by atoms with van der Waals surface area (Å²) in [6.07, 6.45) is 1.48. The van der Waals surface area contributed by atoms with Crippen LogP contribution in [0.2, 0.25) is 0 Å². The number of benzene rings is 2. The minimum absolute atomic E-state index is 0.0152. The lowest BCUT2D eigenvalue weighted by atomic mass is 10.2. The van der Waals surface area contributed by atoms with Crippen LogP contribution >= 0.6 is 0 Å². The smallest absolute Gasteiger partial charge is 0.285 e. The van der Waals surface area contributed by atoms with E-state index in [-0.39, 0.29) is 29.6 Å². The summed E-state index contributed by atoms with van der Waals surface area (Å²) < 4.78 is 33.6. The molecule has 0 aliphatic carbocycles. The first-order valence-electron chi connectivity index (χ1n) is 8.29. The number of rotatable bonds is 6. The molecular formula is C18H19N3O5S. The van der Waals surface area contributed by atoms with Crippen LogP contribution in [-0.4, -0.2) is 55.4 Å². The molecule has 2 N–H and O–H groups in total. The van der Waals surface area contributed by atoms with Crippen LogP contribution in [-0.2, 0) is 10.0 Å². The molecule has 2 aromatic carbocycles. The van der Waals surface area contributed by atoms with E-state index in [1.165, 1.54) is 23.4 Å². The van der Waals surface area contributed by atoms with Crippen molar-refractivity contribution in [1.82, 2.24) is 5.01 Å². The average Bonchev–Trinajstić information content (AvgIpc) is 2.93. The summed E-state index contributed by atoms with van der Waals surface area (Å²) in [6.45, 7) is 2.03. The second-order valence-corrected chi connectivity index (χ2v) is 7.21. The number of phenolic OH excluding ortho intramolecular Hbond substituents is 1.